The third kappa shape index (κ3) is 3.02. The Morgan fingerprint density at radius 1 is 1.19 bits per heavy atom. The van der Waals surface area contributed by atoms with Gasteiger partial charge in [0.15, 0.2) is 0 Å². The highest BCUT2D eigenvalue weighted by Gasteiger charge is 2.06. The van der Waals surface area contributed by atoms with Gasteiger partial charge < -0.3 is 9.72 Å². The first-order valence-corrected chi connectivity index (χ1v) is 7.14. The van der Waals surface area contributed by atoms with Crippen LogP contribution in [0.2, 0.25) is 0 Å². The molecule has 3 rings (SSSR count). The summed E-state index contributed by atoms with van der Waals surface area (Å²) in [6.45, 7) is 6.83. The molecule has 0 saturated carbocycles. The lowest BCUT2D eigenvalue weighted by atomic mass is 10.1. The zero-order valence-electron chi connectivity index (χ0n) is 12.5. The summed E-state index contributed by atoms with van der Waals surface area (Å²) in [4.78, 5) is 13.4. The van der Waals surface area contributed by atoms with Gasteiger partial charge in [0.25, 0.3) is 0 Å². The average molecular weight is 281 g/mol. The van der Waals surface area contributed by atoms with E-state index in [1.54, 1.807) is 0 Å². The Kier molecular flexibility index (Phi) is 3.56. The fourth-order valence-electron chi connectivity index (χ4n) is 2.23. The largest absolute Gasteiger partial charge is 0.364 e. The summed E-state index contributed by atoms with van der Waals surface area (Å²) in [5.41, 5.74) is 3.00. The molecule has 0 aromatic carbocycles. The fourth-order valence-corrected chi connectivity index (χ4v) is 2.23. The molecular formula is C16H19N5. The third-order valence-corrected chi connectivity index (χ3v) is 3.31. The summed E-state index contributed by atoms with van der Waals surface area (Å²) in [5.74, 6) is 2.03. The molecule has 0 aliphatic rings. The summed E-state index contributed by atoms with van der Waals surface area (Å²) >= 11 is 0. The Balaban J connectivity index is 1.78. The summed E-state index contributed by atoms with van der Waals surface area (Å²) < 4.78 is 2.02. The molecule has 3 aromatic rings. The van der Waals surface area contributed by atoms with Crippen molar-refractivity contribution >= 4 is 11.5 Å². The van der Waals surface area contributed by atoms with E-state index in [0.29, 0.717) is 12.5 Å². The second kappa shape index (κ2) is 5.52. The van der Waals surface area contributed by atoms with Gasteiger partial charge >= 0.3 is 0 Å². The molecule has 1 N–H and O–H groups in total. The topological polar surface area (TPSA) is 55.1 Å². The summed E-state index contributed by atoms with van der Waals surface area (Å²) in [6, 6.07) is 7.99. The molecule has 5 heteroatoms. The minimum atomic E-state index is 0.391. The van der Waals surface area contributed by atoms with E-state index in [-0.39, 0.29) is 0 Å². The average Bonchev–Trinajstić information content (AvgIpc) is 2.87. The van der Waals surface area contributed by atoms with Crippen LogP contribution in [0.4, 0.5) is 5.82 Å². The molecule has 0 amide bonds. The highest BCUT2D eigenvalue weighted by atomic mass is 15.1. The molecule has 0 saturated heterocycles. The Morgan fingerprint density at radius 2 is 2.05 bits per heavy atom. The van der Waals surface area contributed by atoms with E-state index < -0.39 is 0 Å². The van der Waals surface area contributed by atoms with Crippen molar-refractivity contribution in [2.75, 3.05) is 5.32 Å². The number of pyridine rings is 1. The first kappa shape index (κ1) is 13.5. The van der Waals surface area contributed by atoms with Crippen LogP contribution in [0, 0.1) is 6.92 Å². The fraction of sp³-hybridized carbons (Fsp3) is 0.312. The first-order valence-electron chi connectivity index (χ1n) is 7.14. The van der Waals surface area contributed by atoms with Crippen LogP contribution in [0.3, 0.4) is 0 Å². The number of fused-ring (bicyclic) bond motifs is 1. The molecule has 0 atom stereocenters. The van der Waals surface area contributed by atoms with Gasteiger partial charge in [-0.15, -0.1) is 0 Å². The molecule has 5 nitrogen and oxygen atoms in total. The molecule has 0 spiro atoms. The van der Waals surface area contributed by atoms with Crippen molar-refractivity contribution in [2.45, 2.75) is 33.2 Å². The number of nitrogens with one attached hydrogen (secondary N) is 1. The van der Waals surface area contributed by atoms with Gasteiger partial charge in [-0.3, -0.25) is 0 Å². The molecule has 0 aliphatic carbocycles. The molecule has 3 aromatic heterocycles. The Morgan fingerprint density at radius 3 is 2.81 bits per heavy atom. The number of imidazole rings is 1. The van der Waals surface area contributed by atoms with E-state index in [9.17, 15) is 0 Å². The molecule has 0 unspecified atom stereocenters. The SMILES string of the molecule is Cc1nc(NCc2cn3ccccc3n2)cc(C(C)C)n1. The van der Waals surface area contributed by atoms with Crippen molar-refractivity contribution < 1.29 is 0 Å². The smallest absolute Gasteiger partial charge is 0.137 e. The van der Waals surface area contributed by atoms with Crippen molar-refractivity contribution in [3.63, 3.8) is 0 Å². The number of aryl methyl sites for hydroxylation is 1. The standard InChI is InChI=1S/C16H19N5/c1-11(2)14-8-15(19-12(3)18-14)17-9-13-10-21-7-5-4-6-16(21)20-13/h4-8,10-11H,9H2,1-3H3,(H,17,18,19). The molecule has 0 bridgehead atoms. The van der Waals surface area contributed by atoms with Gasteiger partial charge in [-0.2, -0.15) is 0 Å². The Hall–Kier alpha value is -2.43. The minimum absolute atomic E-state index is 0.391. The van der Waals surface area contributed by atoms with Crippen LogP contribution in [0.5, 0.6) is 0 Å². The van der Waals surface area contributed by atoms with Gasteiger partial charge in [0.1, 0.15) is 17.3 Å². The van der Waals surface area contributed by atoms with Crippen molar-refractivity contribution in [3.05, 3.63) is 53.9 Å². The van der Waals surface area contributed by atoms with Crippen LogP contribution >= 0.6 is 0 Å². The summed E-state index contributed by atoms with van der Waals surface area (Å²) in [6.07, 6.45) is 4.03. The maximum Gasteiger partial charge on any atom is 0.137 e. The lowest BCUT2D eigenvalue weighted by molar-refractivity contribution is 0.801. The van der Waals surface area contributed by atoms with Crippen LogP contribution in [0.1, 0.15) is 37.0 Å². The van der Waals surface area contributed by atoms with Gasteiger partial charge in [-0.25, -0.2) is 15.0 Å². The monoisotopic (exact) mass is 281 g/mol. The lowest BCUT2D eigenvalue weighted by Crippen LogP contribution is -2.06. The van der Waals surface area contributed by atoms with Gasteiger partial charge in [0.05, 0.1) is 12.2 Å². The van der Waals surface area contributed by atoms with Gasteiger partial charge in [-0.1, -0.05) is 19.9 Å². The Bertz CT molecular complexity index is 727. The number of rotatable bonds is 4. The van der Waals surface area contributed by atoms with E-state index in [0.717, 1.165) is 28.7 Å². The maximum atomic E-state index is 4.56. The zero-order chi connectivity index (χ0) is 14.8. The Labute approximate surface area is 124 Å². The van der Waals surface area contributed by atoms with Crippen molar-refractivity contribution in [3.8, 4) is 0 Å². The van der Waals surface area contributed by atoms with Crippen LogP contribution in [0.25, 0.3) is 5.65 Å². The molecule has 21 heavy (non-hydrogen) atoms. The highest BCUT2D eigenvalue weighted by molar-refractivity contribution is 5.41. The highest BCUT2D eigenvalue weighted by Crippen LogP contribution is 2.16. The van der Waals surface area contributed by atoms with Gasteiger partial charge in [-0.05, 0) is 25.0 Å². The number of anilines is 1. The molecular weight excluding hydrogens is 262 g/mol. The molecule has 0 radical (unpaired) electrons. The molecule has 0 aliphatic heterocycles. The zero-order valence-corrected chi connectivity index (χ0v) is 12.5. The van der Waals surface area contributed by atoms with Crippen LogP contribution in [-0.2, 0) is 6.54 Å². The number of aromatic nitrogens is 4. The summed E-state index contributed by atoms with van der Waals surface area (Å²) in [7, 11) is 0. The van der Waals surface area contributed by atoms with E-state index in [4.69, 9.17) is 0 Å². The number of hydrogen-bond acceptors (Lipinski definition) is 4. The van der Waals surface area contributed by atoms with Gasteiger partial charge in [0, 0.05) is 24.2 Å². The van der Waals surface area contributed by atoms with E-state index in [1.165, 1.54) is 0 Å². The first-order chi connectivity index (χ1) is 10.1. The third-order valence-electron chi connectivity index (χ3n) is 3.31. The van der Waals surface area contributed by atoms with E-state index in [2.05, 4.69) is 34.1 Å². The van der Waals surface area contributed by atoms with Crippen molar-refractivity contribution in [1.29, 1.82) is 0 Å². The predicted octanol–water partition coefficient (Wildman–Crippen LogP) is 3.17. The lowest BCUT2D eigenvalue weighted by Gasteiger charge is -2.09. The van der Waals surface area contributed by atoms with Crippen LogP contribution in [-0.4, -0.2) is 19.4 Å². The number of hydrogen-bond donors (Lipinski definition) is 1. The second-order valence-corrected chi connectivity index (χ2v) is 5.43. The summed E-state index contributed by atoms with van der Waals surface area (Å²) in [5, 5.41) is 3.33. The van der Waals surface area contributed by atoms with Gasteiger partial charge in [0.2, 0.25) is 0 Å². The quantitative estimate of drug-likeness (QED) is 0.798. The predicted molar refractivity (Wildman–Crippen MR) is 83.4 cm³/mol. The maximum absolute atomic E-state index is 4.56. The van der Waals surface area contributed by atoms with Crippen LogP contribution < -0.4 is 5.32 Å². The van der Waals surface area contributed by atoms with Crippen molar-refractivity contribution in [2.24, 2.45) is 0 Å². The van der Waals surface area contributed by atoms with E-state index in [1.807, 2.05) is 48.0 Å². The van der Waals surface area contributed by atoms with E-state index >= 15 is 0 Å². The number of nitrogens with zero attached hydrogens (tertiary/aromatic N) is 4. The van der Waals surface area contributed by atoms with Crippen LogP contribution in [0.15, 0.2) is 36.7 Å². The second-order valence-electron chi connectivity index (χ2n) is 5.43. The minimum Gasteiger partial charge on any atom is -0.364 e. The molecule has 3 heterocycles. The molecule has 0 fully saturated rings. The molecule has 108 valence electrons. The normalized spacial score (nSPS) is 11.2. The van der Waals surface area contributed by atoms with Crippen molar-refractivity contribution in [1.82, 2.24) is 19.4 Å².